The van der Waals surface area contributed by atoms with Crippen LogP contribution in [0, 0.1) is 0 Å². The standard InChI is InChI=1S/C4H10O.2H3O3PS/c1-3-5-4-2;2*1-4(2,3)5/h3-4H2,1-2H3;2*(H3,1,2,3,5). The molecular weight excluding hydrogens is 286 g/mol. The predicted molar refractivity (Wildman–Crippen MR) is 64.0 cm³/mol. The molecule has 0 rings (SSSR count). The molecule has 0 amide bonds. The van der Waals surface area contributed by atoms with Crippen LogP contribution in [0.15, 0.2) is 0 Å². The Labute approximate surface area is 98.5 Å². The number of hydrogen-bond acceptors (Lipinski definition) is 3. The van der Waals surface area contributed by atoms with Gasteiger partial charge in [0.15, 0.2) is 0 Å². The lowest BCUT2D eigenvalue weighted by atomic mass is 10.8. The van der Waals surface area contributed by atoms with Crippen LogP contribution in [0.5, 0.6) is 0 Å². The van der Waals surface area contributed by atoms with Crippen molar-refractivity contribution in [2.24, 2.45) is 0 Å². The van der Waals surface area contributed by atoms with E-state index in [-0.39, 0.29) is 0 Å². The minimum absolute atomic E-state index is 0.844. The van der Waals surface area contributed by atoms with Crippen LogP contribution in [0.2, 0.25) is 0 Å². The lowest BCUT2D eigenvalue weighted by Crippen LogP contribution is -1.84. The molecule has 0 aromatic rings. The molecule has 0 saturated heterocycles. The smallest absolute Gasteiger partial charge is 0.319 e. The summed E-state index contributed by atoms with van der Waals surface area (Å²) < 4.78 is 4.83. The molecule has 96 valence electrons. The second kappa shape index (κ2) is 11.5. The average Bonchev–Trinajstić information content (AvgIpc) is 1.80. The van der Waals surface area contributed by atoms with Gasteiger partial charge in [-0.2, -0.15) is 0 Å². The van der Waals surface area contributed by atoms with E-state index >= 15 is 0 Å². The highest BCUT2D eigenvalue weighted by atomic mass is 32.5. The molecule has 0 fully saturated rings. The normalized spacial score (nSPS) is 10.7. The van der Waals surface area contributed by atoms with Gasteiger partial charge in [-0.05, 0) is 37.5 Å². The molecule has 0 spiro atoms. The van der Waals surface area contributed by atoms with Gasteiger partial charge in [-0.15, -0.1) is 0 Å². The van der Waals surface area contributed by atoms with Crippen molar-refractivity contribution in [3.63, 3.8) is 0 Å². The van der Waals surface area contributed by atoms with Gasteiger partial charge >= 0.3 is 13.4 Å². The second-order valence-corrected chi connectivity index (χ2v) is 6.80. The summed E-state index contributed by atoms with van der Waals surface area (Å²) in [5, 5.41) is 0. The van der Waals surface area contributed by atoms with Gasteiger partial charge < -0.3 is 34.1 Å². The largest absolute Gasteiger partial charge is 0.382 e. The van der Waals surface area contributed by atoms with Gasteiger partial charge in [0.05, 0.1) is 0 Å². The van der Waals surface area contributed by atoms with Crippen LogP contribution in [0.3, 0.4) is 0 Å². The second-order valence-electron chi connectivity index (χ2n) is 1.81. The molecule has 0 aromatic heterocycles. The molecule has 0 unspecified atom stereocenters. The highest BCUT2D eigenvalue weighted by Crippen LogP contribution is 2.26. The SMILES string of the molecule is CCOCC.OP(O)(O)=S.OP(O)(O)=S. The Morgan fingerprint density at radius 1 is 0.800 bits per heavy atom. The number of hydrogen-bond donors (Lipinski definition) is 6. The first-order chi connectivity index (χ1) is 6.41. The van der Waals surface area contributed by atoms with Gasteiger partial charge in [-0.1, -0.05) is 0 Å². The summed E-state index contributed by atoms with van der Waals surface area (Å²) in [5.74, 6) is 0. The molecule has 0 radical (unpaired) electrons. The Hall–Kier alpha value is 1.02. The van der Waals surface area contributed by atoms with Crippen molar-refractivity contribution in [3.8, 4) is 0 Å². The summed E-state index contributed by atoms with van der Waals surface area (Å²) in [7, 11) is 0. The molecule has 0 heterocycles. The van der Waals surface area contributed by atoms with Crippen LogP contribution in [-0.4, -0.2) is 42.6 Å². The summed E-state index contributed by atoms with van der Waals surface area (Å²) in [6, 6.07) is 0. The zero-order valence-corrected chi connectivity index (χ0v) is 11.6. The molecule has 11 heteroatoms. The Bertz CT molecular complexity index is 173. The van der Waals surface area contributed by atoms with Gasteiger partial charge in [0.2, 0.25) is 0 Å². The lowest BCUT2D eigenvalue weighted by molar-refractivity contribution is 0.162. The zero-order chi connectivity index (χ0) is 13.1. The van der Waals surface area contributed by atoms with Crippen molar-refractivity contribution in [1.29, 1.82) is 0 Å². The summed E-state index contributed by atoms with van der Waals surface area (Å²) in [6.07, 6.45) is 0. The van der Waals surface area contributed by atoms with E-state index in [0.29, 0.717) is 0 Å². The van der Waals surface area contributed by atoms with Crippen LogP contribution in [0.1, 0.15) is 13.8 Å². The maximum Gasteiger partial charge on any atom is 0.319 e. The van der Waals surface area contributed by atoms with Gasteiger partial charge in [-0.3, -0.25) is 0 Å². The highest BCUT2D eigenvalue weighted by Gasteiger charge is 1.92. The van der Waals surface area contributed by atoms with Crippen LogP contribution >= 0.6 is 13.4 Å². The van der Waals surface area contributed by atoms with Crippen LogP contribution in [-0.2, 0) is 28.4 Å². The lowest BCUT2D eigenvalue weighted by Gasteiger charge is -1.88. The first-order valence-electron chi connectivity index (χ1n) is 3.56. The van der Waals surface area contributed by atoms with E-state index in [4.69, 9.17) is 34.1 Å². The molecule has 0 saturated carbocycles. The van der Waals surface area contributed by atoms with Crippen LogP contribution in [0.25, 0.3) is 0 Å². The third kappa shape index (κ3) is 279. The van der Waals surface area contributed by atoms with Crippen molar-refractivity contribution in [3.05, 3.63) is 0 Å². The molecule has 15 heavy (non-hydrogen) atoms. The van der Waals surface area contributed by atoms with Crippen molar-refractivity contribution in [2.75, 3.05) is 13.2 Å². The first kappa shape index (κ1) is 21.3. The fraction of sp³-hybridized carbons (Fsp3) is 1.00. The minimum atomic E-state index is -3.81. The predicted octanol–water partition coefficient (Wildman–Crippen LogP) is -0.582. The van der Waals surface area contributed by atoms with E-state index in [9.17, 15) is 0 Å². The van der Waals surface area contributed by atoms with Crippen molar-refractivity contribution < 1.29 is 34.1 Å². The van der Waals surface area contributed by atoms with Gasteiger partial charge in [0.25, 0.3) is 0 Å². The van der Waals surface area contributed by atoms with Crippen LogP contribution < -0.4 is 0 Å². The topological polar surface area (TPSA) is 131 Å². The van der Waals surface area contributed by atoms with Crippen molar-refractivity contribution in [1.82, 2.24) is 0 Å². The molecule has 0 aliphatic rings. The molecule has 0 bridgehead atoms. The van der Waals surface area contributed by atoms with E-state index in [1.165, 1.54) is 0 Å². The summed E-state index contributed by atoms with van der Waals surface area (Å²) in [6.45, 7) is -1.94. The minimum Gasteiger partial charge on any atom is -0.382 e. The summed E-state index contributed by atoms with van der Waals surface area (Å²) >= 11 is 7.21. The van der Waals surface area contributed by atoms with E-state index in [1.54, 1.807) is 0 Å². The Morgan fingerprint density at radius 3 is 0.933 bits per heavy atom. The fourth-order valence-corrected chi connectivity index (χ4v) is 0.204. The van der Waals surface area contributed by atoms with Crippen molar-refractivity contribution >= 4 is 37.1 Å². The third-order valence-corrected chi connectivity index (χ3v) is 0.408. The van der Waals surface area contributed by atoms with E-state index in [0.717, 1.165) is 13.2 Å². The average molecular weight is 302 g/mol. The Balaban J connectivity index is -0.000000144. The summed E-state index contributed by atoms with van der Waals surface area (Å²) in [4.78, 5) is 45.3. The third-order valence-electron chi connectivity index (χ3n) is 0.408. The molecule has 0 aliphatic carbocycles. The number of rotatable bonds is 2. The maximum atomic E-state index is 7.56. The van der Waals surface area contributed by atoms with E-state index < -0.39 is 13.4 Å². The number of ether oxygens (including phenoxy) is 1. The van der Waals surface area contributed by atoms with Gasteiger partial charge in [0, 0.05) is 13.2 Å². The van der Waals surface area contributed by atoms with Gasteiger partial charge in [0.1, 0.15) is 0 Å². The quantitative estimate of drug-likeness (QED) is 0.371. The first-order valence-corrected chi connectivity index (χ1v) is 8.88. The molecule has 7 nitrogen and oxygen atoms in total. The van der Waals surface area contributed by atoms with Crippen molar-refractivity contribution in [2.45, 2.75) is 13.8 Å². The Kier molecular flexibility index (Phi) is 16.4. The monoisotopic (exact) mass is 302 g/mol. The molecule has 0 aromatic carbocycles. The summed E-state index contributed by atoms with van der Waals surface area (Å²) in [5.41, 5.74) is 0. The molecular formula is C4H16O7P2S2. The fourth-order valence-electron chi connectivity index (χ4n) is 0.204. The van der Waals surface area contributed by atoms with Gasteiger partial charge in [-0.25, -0.2) is 0 Å². The zero-order valence-electron chi connectivity index (χ0n) is 8.22. The highest BCUT2D eigenvalue weighted by molar-refractivity contribution is 8.06. The molecule has 0 atom stereocenters. The van der Waals surface area contributed by atoms with Crippen LogP contribution in [0.4, 0.5) is 0 Å². The molecule has 6 N–H and O–H groups in total. The van der Waals surface area contributed by atoms with E-state index in [2.05, 4.69) is 23.6 Å². The van der Waals surface area contributed by atoms with E-state index in [1.807, 2.05) is 13.8 Å². The Morgan fingerprint density at radius 2 is 0.933 bits per heavy atom. The maximum absolute atomic E-state index is 7.56. The molecule has 0 aliphatic heterocycles.